The molecule has 0 saturated heterocycles. The first-order valence-corrected chi connectivity index (χ1v) is 9.60. The van der Waals surface area contributed by atoms with Gasteiger partial charge < -0.3 is 5.32 Å². The molecule has 0 bridgehead atoms. The lowest BCUT2D eigenvalue weighted by molar-refractivity contribution is -0.117. The van der Waals surface area contributed by atoms with E-state index < -0.39 is 0 Å². The number of carbonyl (C=O) groups is 1. The van der Waals surface area contributed by atoms with Crippen molar-refractivity contribution >= 4 is 34.9 Å². The van der Waals surface area contributed by atoms with Crippen LogP contribution in [0, 0.1) is 12.8 Å². The molecule has 1 amide bonds. The van der Waals surface area contributed by atoms with Crippen LogP contribution >= 0.6 is 23.2 Å². The molecule has 2 atom stereocenters. The number of amides is 1. The van der Waals surface area contributed by atoms with Crippen molar-refractivity contribution in [3.05, 3.63) is 81.5 Å². The number of hydrogen-bond acceptors (Lipinski definition) is 2. The Bertz CT molecular complexity index is 964. The molecular formula is C21H19Cl2N3O. The van der Waals surface area contributed by atoms with Crippen molar-refractivity contribution < 1.29 is 4.79 Å². The van der Waals surface area contributed by atoms with Crippen molar-refractivity contribution in [3.63, 3.8) is 0 Å². The standard InChI is InChI=1S/C21H19Cl2N3O/c1-13-10-20(25-26(13)12-14-2-6-16(22)7-3-14)24-21(27)19-11-18(19)15-4-8-17(23)9-5-15/h2-10,18-19H,11-12H2,1H3,(H,24,25,27). The van der Waals surface area contributed by atoms with Crippen LogP contribution in [0.1, 0.15) is 29.2 Å². The number of anilines is 1. The topological polar surface area (TPSA) is 46.9 Å². The lowest BCUT2D eigenvalue weighted by Crippen LogP contribution is -2.15. The van der Waals surface area contributed by atoms with Gasteiger partial charge in [0.1, 0.15) is 0 Å². The van der Waals surface area contributed by atoms with Crippen molar-refractivity contribution in [1.29, 1.82) is 0 Å². The van der Waals surface area contributed by atoms with Crippen LogP contribution in [0.2, 0.25) is 10.0 Å². The Morgan fingerprint density at radius 3 is 2.41 bits per heavy atom. The minimum absolute atomic E-state index is 0.00658. The molecule has 0 spiro atoms. The second kappa shape index (κ2) is 7.37. The molecule has 1 N–H and O–H groups in total. The number of aromatic nitrogens is 2. The van der Waals surface area contributed by atoms with Crippen molar-refractivity contribution in [2.75, 3.05) is 5.32 Å². The second-order valence-corrected chi connectivity index (χ2v) is 7.82. The Morgan fingerprint density at radius 2 is 1.74 bits per heavy atom. The number of hydrogen-bond donors (Lipinski definition) is 1. The van der Waals surface area contributed by atoms with Gasteiger partial charge in [0, 0.05) is 27.7 Å². The van der Waals surface area contributed by atoms with Crippen LogP contribution in [0.25, 0.3) is 0 Å². The van der Waals surface area contributed by atoms with Gasteiger partial charge in [-0.1, -0.05) is 47.5 Å². The van der Waals surface area contributed by atoms with Crippen LogP contribution in [0.15, 0.2) is 54.6 Å². The van der Waals surface area contributed by atoms with E-state index in [1.54, 1.807) is 0 Å². The maximum atomic E-state index is 12.5. The fraction of sp³-hybridized carbons (Fsp3) is 0.238. The van der Waals surface area contributed by atoms with Gasteiger partial charge in [0.25, 0.3) is 0 Å². The lowest BCUT2D eigenvalue weighted by Gasteiger charge is -2.05. The minimum Gasteiger partial charge on any atom is -0.309 e. The summed E-state index contributed by atoms with van der Waals surface area (Å²) in [5.74, 6) is 0.867. The molecule has 2 unspecified atom stereocenters. The van der Waals surface area contributed by atoms with Gasteiger partial charge in [0.15, 0.2) is 5.82 Å². The summed E-state index contributed by atoms with van der Waals surface area (Å²) in [6.07, 6.45) is 0.859. The Balaban J connectivity index is 1.39. The first-order valence-electron chi connectivity index (χ1n) is 8.85. The van der Waals surface area contributed by atoms with E-state index in [1.165, 1.54) is 0 Å². The van der Waals surface area contributed by atoms with Gasteiger partial charge in [0.05, 0.1) is 6.54 Å². The van der Waals surface area contributed by atoms with Gasteiger partial charge in [-0.15, -0.1) is 0 Å². The second-order valence-electron chi connectivity index (χ2n) is 6.94. The van der Waals surface area contributed by atoms with Gasteiger partial charge in [-0.05, 0) is 54.7 Å². The molecule has 4 nitrogen and oxygen atoms in total. The molecule has 1 aliphatic carbocycles. The zero-order valence-corrected chi connectivity index (χ0v) is 16.3. The highest BCUT2D eigenvalue weighted by molar-refractivity contribution is 6.30. The summed E-state index contributed by atoms with van der Waals surface area (Å²) in [5, 5.41) is 8.90. The van der Waals surface area contributed by atoms with Crippen LogP contribution < -0.4 is 5.32 Å². The maximum absolute atomic E-state index is 12.5. The summed E-state index contributed by atoms with van der Waals surface area (Å²) in [7, 11) is 0. The average Bonchev–Trinajstić information content (AvgIpc) is 3.37. The number of halogens is 2. The summed E-state index contributed by atoms with van der Waals surface area (Å²) < 4.78 is 1.88. The molecule has 1 aliphatic rings. The molecule has 1 saturated carbocycles. The van der Waals surface area contributed by atoms with Crippen LogP contribution in [-0.2, 0) is 11.3 Å². The number of nitrogens with zero attached hydrogens (tertiary/aromatic N) is 2. The molecule has 4 rings (SSSR count). The third-order valence-electron chi connectivity index (χ3n) is 4.90. The van der Waals surface area contributed by atoms with Gasteiger partial charge in [-0.3, -0.25) is 9.48 Å². The van der Waals surface area contributed by atoms with Gasteiger partial charge in [0.2, 0.25) is 5.91 Å². The number of rotatable bonds is 5. The lowest BCUT2D eigenvalue weighted by atomic mass is 10.1. The average molecular weight is 400 g/mol. The molecule has 1 fully saturated rings. The number of aryl methyl sites for hydroxylation is 1. The van der Waals surface area contributed by atoms with E-state index in [4.69, 9.17) is 23.2 Å². The third-order valence-corrected chi connectivity index (χ3v) is 5.41. The van der Waals surface area contributed by atoms with Crippen molar-refractivity contribution in [3.8, 4) is 0 Å². The monoisotopic (exact) mass is 399 g/mol. The zero-order chi connectivity index (χ0) is 19.0. The summed E-state index contributed by atoms with van der Waals surface area (Å²) in [6.45, 7) is 2.61. The molecule has 2 aromatic carbocycles. The molecule has 0 aliphatic heterocycles. The minimum atomic E-state index is -0.00658. The normalized spacial score (nSPS) is 18.3. The molecule has 138 valence electrons. The third kappa shape index (κ3) is 4.18. The quantitative estimate of drug-likeness (QED) is 0.633. The van der Waals surface area contributed by atoms with Gasteiger partial charge >= 0.3 is 0 Å². The van der Waals surface area contributed by atoms with E-state index in [9.17, 15) is 4.79 Å². The van der Waals surface area contributed by atoms with Crippen LogP contribution in [0.5, 0.6) is 0 Å². The first kappa shape index (κ1) is 18.1. The first-order chi connectivity index (χ1) is 13.0. The Kier molecular flexibility index (Phi) is 4.94. The van der Waals surface area contributed by atoms with Gasteiger partial charge in [-0.2, -0.15) is 5.10 Å². The van der Waals surface area contributed by atoms with E-state index >= 15 is 0 Å². The Hall–Kier alpha value is -2.30. The summed E-state index contributed by atoms with van der Waals surface area (Å²) in [5.41, 5.74) is 3.25. The largest absolute Gasteiger partial charge is 0.309 e. The van der Waals surface area contributed by atoms with Crippen LogP contribution in [-0.4, -0.2) is 15.7 Å². The van der Waals surface area contributed by atoms with Crippen LogP contribution in [0.3, 0.4) is 0 Å². The highest BCUT2D eigenvalue weighted by Crippen LogP contribution is 2.48. The smallest absolute Gasteiger partial charge is 0.229 e. The fourth-order valence-corrected chi connectivity index (χ4v) is 3.53. The molecule has 27 heavy (non-hydrogen) atoms. The number of nitrogens with one attached hydrogen (secondary N) is 1. The molecule has 3 aromatic rings. The van der Waals surface area contributed by atoms with Crippen molar-refractivity contribution in [2.45, 2.75) is 25.8 Å². The zero-order valence-electron chi connectivity index (χ0n) is 14.8. The van der Waals surface area contributed by atoms with E-state index in [0.29, 0.717) is 22.4 Å². The summed E-state index contributed by atoms with van der Waals surface area (Å²) >= 11 is 11.9. The highest BCUT2D eigenvalue weighted by atomic mass is 35.5. The summed E-state index contributed by atoms with van der Waals surface area (Å²) in [6, 6.07) is 17.3. The predicted octanol–water partition coefficient (Wildman–Crippen LogP) is 5.29. The Morgan fingerprint density at radius 1 is 1.11 bits per heavy atom. The maximum Gasteiger partial charge on any atom is 0.229 e. The molecular weight excluding hydrogens is 381 g/mol. The van der Waals surface area contributed by atoms with Crippen molar-refractivity contribution in [1.82, 2.24) is 9.78 Å². The SMILES string of the molecule is Cc1cc(NC(=O)C2CC2c2ccc(Cl)cc2)nn1Cc1ccc(Cl)cc1. The molecule has 6 heteroatoms. The number of carbonyl (C=O) groups excluding carboxylic acids is 1. The van der Waals surface area contributed by atoms with E-state index in [2.05, 4.69) is 10.4 Å². The van der Waals surface area contributed by atoms with E-state index in [1.807, 2.05) is 66.2 Å². The fourth-order valence-electron chi connectivity index (χ4n) is 3.28. The van der Waals surface area contributed by atoms with E-state index in [-0.39, 0.29) is 17.7 Å². The predicted molar refractivity (Wildman–Crippen MR) is 108 cm³/mol. The summed E-state index contributed by atoms with van der Waals surface area (Å²) in [4.78, 5) is 12.5. The van der Waals surface area contributed by atoms with E-state index in [0.717, 1.165) is 23.2 Å². The van der Waals surface area contributed by atoms with Crippen LogP contribution in [0.4, 0.5) is 5.82 Å². The Labute approximate surface area is 168 Å². The van der Waals surface area contributed by atoms with Crippen molar-refractivity contribution in [2.24, 2.45) is 5.92 Å². The number of benzene rings is 2. The molecule has 1 heterocycles. The molecule has 0 radical (unpaired) electrons. The van der Waals surface area contributed by atoms with Gasteiger partial charge in [-0.25, -0.2) is 0 Å². The highest BCUT2D eigenvalue weighted by Gasteiger charge is 2.44. The molecule has 1 aromatic heterocycles.